The Morgan fingerprint density at radius 3 is 2.77 bits per heavy atom. The fraction of sp³-hybridized carbons (Fsp3) is 0.562. The molecule has 1 aliphatic rings. The predicted octanol–water partition coefficient (Wildman–Crippen LogP) is 1.87. The van der Waals surface area contributed by atoms with Crippen molar-refractivity contribution in [3.05, 3.63) is 35.4 Å². The largest absolute Gasteiger partial charge is 0.380 e. The van der Waals surface area contributed by atoms with Crippen LogP contribution < -0.4 is 0 Å². The van der Waals surface area contributed by atoms with Crippen LogP contribution >= 0.6 is 0 Å². The number of benzene rings is 1. The van der Waals surface area contributed by atoms with Gasteiger partial charge in [-0.1, -0.05) is 19.1 Å². The molecule has 0 N–H and O–H groups in total. The molecule has 2 rings (SSSR count). The van der Waals surface area contributed by atoms with Crippen LogP contribution in [0.3, 0.4) is 0 Å². The summed E-state index contributed by atoms with van der Waals surface area (Å²) in [5.74, 6) is 0.160. The summed E-state index contributed by atoms with van der Waals surface area (Å²) in [7, 11) is -1.39. The lowest BCUT2D eigenvalue weighted by Crippen LogP contribution is -2.41. The minimum atomic E-state index is -3.01. The molecule has 1 heterocycles. The van der Waals surface area contributed by atoms with Crippen LogP contribution in [0.5, 0.6) is 0 Å². The molecule has 5 nitrogen and oxygen atoms in total. The number of sulfone groups is 1. The van der Waals surface area contributed by atoms with E-state index in [-0.39, 0.29) is 23.5 Å². The van der Waals surface area contributed by atoms with Crippen LogP contribution in [-0.2, 0) is 21.2 Å². The van der Waals surface area contributed by atoms with Gasteiger partial charge in [-0.25, -0.2) is 8.42 Å². The van der Waals surface area contributed by atoms with E-state index in [2.05, 4.69) is 0 Å². The van der Waals surface area contributed by atoms with Crippen molar-refractivity contribution < 1.29 is 17.9 Å². The molecule has 0 bridgehead atoms. The van der Waals surface area contributed by atoms with Gasteiger partial charge in [-0.2, -0.15) is 0 Å². The Bertz CT molecular complexity index is 627. The van der Waals surface area contributed by atoms with Gasteiger partial charge in [0, 0.05) is 25.3 Å². The van der Waals surface area contributed by atoms with Crippen LogP contribution in [0.4, 0.5) is 0 Å². The molecule has 1 aromatic rings. The highest BCUT2D eigenvalue weighted by Gasteiger charge is 2.34. The van der Waals surface area contributed by atoms with E-state index in [1.54, 1.807) is 18.1 Å². The quantitative estimate of drug-likeness (QED) is 0.801. The van der Waals surface area contributed by atoms with Crippen molar-refractivity contribution in [1.82, 2.24) is 4.90 Å². The Hall–Kier alpha value is -1.40. The molecule has 1 unspecified atom stereocenters. The van der Waals surface area contributed by atoms with Crippen molar-refractivity contribution in [2.75, 3.05) is 25.2 Å². The third-order valence-electron chi connectivity index (χ3n) is 3.86. The number of carbonyl (C=O) groups is 1. The average molecular weight is 325 g/mol. The van der Waals surface area contributed by atoms with Gasteiger partial charge in [0.25, 0.3) is 5.91 Å². The molecule has 1 aliphatic heterocycles. The smallest absolute Gasteiger partial charge is 0.254 e. The van der Waals surface area contributed by atoms with Crippen molar-refractivity contribution >= 4 is 15.7 Å². The first kappa shape index (κ1) is 17.0. The predicted molar refractivity (Wildman–Crippen MR) is 85.5 cm³/mol. The van der Waals surface area contributed by atoms with Gasteiger partial charge in [0.15, 0.2) is 9.84 Å². The van der Waals surface area contributed by atoms with Gasteiger partial charge in [0.1, 0.15) is 0 Å². The molecule has 0 aromatic heterocycles. The molecule has 0 aliphatic carbocycles. The number of rotatable bonds is 6. The topological polar surface area (TPSA) is 63.7 Å². The number of amides is 1. The third-order valence-corrected chi connectivity index (χ3v) is 5.61. The summed E-state index contributed by atoms with van der Waals surface area (Å²) in [5.41, 5.74) is 1.52. The van der Waals surface area contributed by atoms with Gasteiger partial charge >= 0.3 is 0 Å². The van der Waals surface area contributed by atoms with Crippen LogP contribution in [0.15, 0.2) is 24.3 Å². The Balaban J connectivity index is 2.21. The first-order valence-electron chi connectivity index (χ1n) is 7.56. The first-order chi connectivity index (χ1) is 10.5. The molecule has 22 heavy (non-hydrogen) atoms. The number of hydrogen-bond acceptors (Lipinski definition) is 4. The highest BCUT2D eigenvalue weighted by Crippen LogP contribution is 2.21. The van der Waals surface area contributed by atoms with E-state index in [0.717, 1.165) is 12.0 Å². The molecular formula is C16H23NO4S. The van der Waals surface area contributed by atoms with Crippen LogP contribution in [0, 0.1) is 0 Å². The minimum Gasteiger partial charge on any atom is -0.380 e. The van der Waals surface area contributed by atoms with E-state index in [4.69, 9.17) is 4.74 Å². The number of ether oxygens (including phenoxy) is 1. The SMILES string of the molecule is CCCN(C(=O)c1cccc(COC)c1)C1CCS(=O)(=O)C1. The summed E-state index contributed by atoms with van der Waals surface area (Å²) in [5, 5.41) is 0. The van der Waals surface area contributed by atoms with Crippen molar-refractivity contribution in [1.29, 1.82) is 0 Å². The number of carbonyl (C=O) groups excluding carboxylic acids is 1. The summed E-state index contributed by atoms with van der Waals surface area (Å²) in [6.45, 7) is 3.02. The summed E-state index contributed by atoms with van der Waals surface area (Å²) in [6, 6.07) is 7.12. The Labute approximate surface area is 132 Å². The lowest BCUT2D eigenvalue weighted by Gasteiger charge is -2.28. The van der Waals surface area contributed by atoms with E-state index >= 15 is 0 Å². The van der Waals surface area contributed by atoms with Gasteiger partial charge in [-0.05, 0) is 30.5 Å². The second kappa shape index (κ2) is 7.24. The molecule has 0 spiro atoms. The maximum absolute atomic E-state index is 12.8. The summed E-state index contributed by atoms with van der Waals surface area (Å²) >= 11 is 0. The molecule has 0 saturated carbocycles. The van der Waals surface area contributed by atoms with Gasteiger partial charge in [0.2, 0.25) is 0 Å². The average Bonchev–Trinajstić information content (AvgIpc) is 2.84. The molecule has 1 atom stereocenters. The maximum Gasteiger partial charge on any atom is 0.254 e. The lowest BCUT2D eigenvalue weighted by molar-refractivity contribution is 0.0696. The van der Waals surface area contributed by atoms with Gasteiger partial charge in [0.05, 0.1) is 18.1 Å². The van der Waals surface area contributed by atoms with Gasteiger partial charge in [-0.3, -0.25) is 4.79 Å². The number of hydrogen-bond donors (Lipinski definition) is 0. The van der Waals surface area contributed by atoms with E-state index in [1.165, 1.54) is 0 Å². The van der Waals surface area contributed by atoms with Crippen molar-refractivity contribution in [3.8, 4) is 0 Å². The standard InChI is InChI=1S/C16H23NO4S/c1-3-8-17(15-7-9-22(19,20)12-15)16(18)14-6-4-5-13(10-14)11-21-2/h4-6,10,15H,3,7-9,11-12H2,1-2H3. The molecular weight excluding hydrogens is 302 g/mol. The fourth-order valence-corrected chi connectivity index (χ4v) is 4.57. The van der Waals surface area contributed by atoms with E-state index in [0.29, 0.717) is 25.1 Å². The highest BCUT2D eigenvalue weighted by atomic mass is 32.2. The lowest BCUT2D eigenvalue weighted by atomic mass is 10.1. The van der Waals surface area contributed by atoms with Crippen LogP contribution in [0.25, 0.3) is 0 Å². The van der Waals surface area contributed by atoms with E-state index in [9.17, 15) is 13.2 Å². The fourth-order valence-electron chi connectivity index (χ4n) is 2.84. The second-order valence-electron chi connectivity index (χ2n) is 5.69. The monoisotopic (exact) mass is 325 g/mol. The zero-order chi connectivity index (χ0) is 16.2. The first-order valence-corrected chi connectivity index (χ1v) is 9.38. The molecule has 1 aromatic carbocycles. The van der Waals surface area contributed by atoms with E-state index in [1.807, 2.05) is 25.1 Å². The van der Waals surface area contributed by atoms with Crippen molar-refractivity contribution in [2.24, 2.45) is 0 Å². The highest BCUT2D eigenvalue weighted by molar-refractivity contribution is 7.91. The normalized spacial score (nSPS) is 20.0. The van der Waals surface area contributed by atoms with Crippen LogP contribution in [0.1, 0.15) is 35.7 Å². The second-order valence-corrected chi connectivity index (χ2v) is 7.92. The van der Waals surface area contributed by atoms with E-state index < -0.39 is 9.84 Å². The van der Waals surface area contributed by atoms with Gasteiger partial charge in [-0.15, -0.1) is 0 Å². The number of nitrogens with zero attached hydrogens (tertiary/aromatic N) is 1. The minimum absolute atomic E-state index is 0.0799. The Kier molecular flexibility index (Phi) is 5.58. The third kappa shape index (κ3) is 4.08. The molecule has 1 saturated heterocycles. The summed E-state index contributed by atoms with van der Waals surface area (Å²) in [4.78, 5) is 14.5. The van der Waals surface area contributed by atoms with Crippen molar-refractivity contribution in [2.45, 2.75) is 32.4 Å². The molecule has 122 valence electrons. The Morgan fingerprint density at radius 1 is 1.41 bits per heavy atom. The van der Waals surface area contributed by atoms with Crippen LogP contribution in [-0.4, -0.2) is 50.4 Å². The van der Waals surface area contributed by atoms with Gasteiger partial charge < -0.3 is 9.64 Å². The zero-order valence-corrected chi connectivity index (χ0v) is 13.9. The summed E-state index contributed by atoms with van der Waals surface area (Å²) in [6.07, 6.45) is 1.34. The Morgan fingerprint density at radius 2 is 2.18 bits per heavy atom. The molecule has 1 fully saturated rings. The molecule has 6 heteroatoms. The summed E-state index contributed by atoms with van der Waals surface area (Å²) < 4.78 is 28.5. The zero-order valence-electron chi connectivity index (χ0n) is 13.1. The molecule has 1 amide bonds. The maximum atomic E-state index is 12.8. The van der Waals surface area contributed by atoms with Crippen LogP contribution in [0.2, 0.25) is 0 Å². The van der Waals surface area contributed by atoms with Crippen molar-refractivity contribution in [3.63, 3.8) is 0 Å². The number of methoxy groups -OCH3 is 1. The molecule has 0 radical (unpaired) electrons.